The number of morpholine rings is 1. The number of nitrogens with zero attached hydrogens (tertiary/aromatic N) is 1. The zero-order chi connectivity index (χ0) is 12.1. The first-order valence-electron chi connectivity index (χ1n) is 5.90. The summed E-state index contributed by atoms with van der Waals surface area (Å²) in [4.78, 5) is 13.9. The second-order valence-corrected chi connectivity index (χ2v) is 4.56. The average Bonchev–Trinajstić information content (AvgIpc) is 2.27. The lowest BCUT2D eigenvalue weighted by molar-refractivity contribution is -0.129. The van der Waals surface area contributed by atoms with Gasteiger partial charge in [-0.1, -0.05) is 0 Å². The molecule has 0 aromatic heterocycles. The van der Waals surface area contributed by atoms with Crippen LogP contribution in [0.5, 0.6) is 0 Å². The zero-order valence-corrected chi connectivity index (χ0v) is 10.4. The second-order valence-electron chi connectivity index (χ2n) is 4.56. The molecule has 0 aliphatic carbocycles. The van der Waals surface area contributed by atoms with Crippen LogP contribution in [0, 0.1) is 0 Å². The van der Waals surface area contributed by atoms with Gasteiger partial charge in [0.25, 0.3) is 0 Å². The van der Waals surface area contributed by atoms with Gasteiger partial charge in [-0.05, 0) is 20.8 Å². The van der Waals surface area contributed by atoms with E-state index >= 15 is 0 Å². The lowest BCUT2D eigenvalue weighted by Gasteiger charge is -2.35. The first-order valence-corrected chi connectivity index (χ1v) is 5.90. The number of hydrogen-bond donors (Lipinski definition) is 2. The van der Waals surface area contributed by atoms with Crippen LogP contribution in [-0.2, 0) is 9.53 Å². The van der Waals surface area contributed by atoms with Crippen LogP contribution >= 0.6 is 0 Å². The maximum Gasteiger partial charge on any atom is 0.237 e. The van der Waals surface area contributed by atoms with Gasteiger partial charge in [-0.2, -0.15) is 0 Å². The normalized spacial score (nSPS) is 24.4. The Morgan fingerprint density at radius 1 is 1.56 bits per heavy atom. The molecule has 0 aromatic carbocycles. The Morgan fingerprint density at radius 3 is 2.81 bits per heavy atom. The van der Waals surface area contributed by atoms with Gasteiger partial charge >= 0.3 is 0 Å². The Bertz CT molecular complexity index is 233. The summed E-state index contributed by atoms with van der Waals surface area (Å²) >= 11 is 0. The molecule has 0 aromatic rings. The largest absolute Gasteiger partial charge is 0.374 e. The molecule has 94 valence electrons. The fourth-order valence-corrected chi connectivity index (χ4v) is 1.81. The molecule has 0 radical (unpaired) electrons. The number of nitrogens with two attached hydrogens (primary N) is 1. The molecule has 1 amide bonds. The standard InChI is InChI=1S/C11H23N3O2/c1-8(2)13-11(15)9(3)14-4-5-16-10(6-12)7-14/h8-10H,4-7,12H2,1-3H3,(H,13,15). The van der Waals surface area contributed by atoms with E-state index in [-0.39, 0.29) is 24.1 Å². The van der Waals surface area contributed by atoms with Gasteiger partial charge in [0.2, 0.25) is 5.91 Å². The zero-order valence-electron chi connectivity index (χ0n) is 10.4. The van der Waals surface area contributed by atoms with Crippen molar-refractivity contribution in [2.75, 3.05) is 26.2 Å². The molecule has 0 spiro atoms. The minimum atomic E-state index is -0.111. The van der Waals surface area contributed by atoms with Gasteiger partial charge in [-0.25, -0.2) is 0 Å². The van der Waals surface area contributed by atoms with Crippen LogP contribution in [0.2, 0.25) is 0 Å². The first kappa shape index (κ1) is 13.4. The lowest BCUT2D eigenvalue weighted by Crippen LogP contribution is -2.54. The van der Waals surface area contributed by atoms with Gasteiger partial charge in [-0.15, -0.1) is 0 Å². The summed E-state index contributed by atoms with van der Waals surface area (Å²) in [5.41, 5.74) is 5.57. The van der Waals surface area contributed by atoms with Gasteiger partial charge in [0.05, 0.1) is 18.8 Å². The van der Waals surface area contributed by atoms with Crippen LogP contribution < -0.4 is 11.1 Å². The third kappa shape index (κ3) is 3.73. The summed E-state index contributed by atoms with van der Waals surface area (Å²) in [6, 6.07) is 0.0710. The molecule has 0 saturated carbocycles. The van der Waals surface area contributed by atoms with Crippen LogP contribution in [-0.4, -0.2) is 55.2 Å². The molecule has 1 rings (SSSR count). The van der Waals surface area contributed by atoms with Crippen LogP contribution in [0.15, 0.2) is 0 Å². The van der Waals surface area contributed by atoms with Gasteiger partial charge in [0.1, 0.15) is 0 Å². The molecule has 2 unspecified atom stereocenters. The van der Waals surface area contributed by atoms with E-state index in [9.17, 15) is 4.79 Å². The number of carbonyl (C=O) groups excluding carboxylic acids is 1. The van der Waals surface area contributed by atoms with Crippen molar-refractivity contribution in [1.82, 2.24) is 10.2 Å². The quantitative estimate of drug-likeness (QED) is 0.686. The fraction of sp³-hybridized carbons (Fsp3) is 0.909. The van der Waals surface area contributed by atoms with Crippen molar-refractivity contribution in [3.05, 3.63) is 0 Å². The summed E-state index contributed by atoms with van der Waals surface area (Å²) in [5, 5.41) is 2.92. The average molecular weight is 229 g/mol. The molecule has 5 heteroatoms. The molecule has 1 saturated heterocycles. The number of rotatable bonds is 4. The Morgan fingerprint density at radius 2 is 2.25 bits per heavy atom. The van der Waals surface area contributed by atoms with E-state index in [1.807, 2.05) is 20.8 Å². The summed E-state index contributed by atoms with van der Waals surface area (Å²) in [5.74, 6) is 0.0765. The van der Waals surface area contributed by atoms with E-state index in [1.54, 1.807) is 0 Å². The molecule has 1 aliphatic rings. The van der Waals surface area contributed by atoms with Crippen molar-refractivity contribution in [2.24, 2.45) is 5.73 Å². The number of carbonyl (C=O) groups is 1. The van der Waals surface area contributed by atoms with Gasteiger partial charge < -0.3 is 15.8 Å². The van der Waals surface area contributed by atoms with E-state index in [2.05, 4.69) is 10.2 Å². The molecule has 0 bridgehead atoms. The van der Waals surface area contributed by atoms with E-state index in [4.69, 9.17) is 10.5 Å². The monoisotopic (exact) mass is 229 g/mol. The molecule has 5 nitrogen and oxygen atoms in total. The lowest BCUT2D eigenvalue weighted by atomic mass is 10.2. The van der Waals surface area contributed by atoms with E-state index in [0.717, 1.165) is 13.1 Å². The molecule has 1 fully saturated rings. The highest BCUT2D eigenvalue weighted by molar-refractivity contribution is 5.81. The van der Waals surface area contributed by atoms with Crippen molar-refractivity contribution in [1.29, 1.82) is 0 Å². The first-order chi connectivity index (χ1) is 7.54. The van der Waals surface area contributed by atoms with E-state index < -0.39 is 0 Å². The Hall–Kier alpha value is -0.650. The van der Waals surface area contributed by atoms with Crippen molar-refractivity contribution in [3.63, 3.8) is 0 Å². The summed E-state index contributed by atoms with van der Waals surface area (Å²) < 4.78 is 5.47. The highest BCUT2D eigenvalue weighted by Crippen LogP contribution is 2.08. The third-order valence-corrected chi connectivity index (χ3v) is 2.79. The van der Waals surface area contributed by atoms with Crippen LogP contribution in [0.1, 0.15) is 20.8 Å². The van der Waals surface area contributed by atoms with E-state index in [0.29, 0.717) is 13.2 Å². The number of ether oxygens (including phenoxy) is 1. The SMILES string of the molecule is CC(C)NC(=O)C(C)N1CCOC(CN)C1. The number of hydrogen-bond acceptors (Lipinski definition) is 4. The van der Waals surface area contributed by atoms with Crippen molar-refractivity contribution in [2.45, 2.75) is 39.0 Å². The van der Waals surface area contributed by atoms with Crippen molar-refractivity contribution in [3.8, 4) is 0 Å². The Balaban J connectivity index is 2.46. The maximum absolute atomic E-state index is 11.8. The molecule has 16 heavy (non-hydrogen) atoms. The van der Waals surface area contributed by atoms with Crippen LogP contribution in [0.4, 0.5) is 0 Å². The molecule has 3 N–H and O–H groups in total. The fourth-order valence-electron chi connectivity index (χ4n) is 1.81. The molecular formula is C11H23N3O2. The summed E-state index contributed by atoms with van der Waals surface area (Å²) in [7, 11) is 0. The van der Waals surface area contributed by atoms with Crippen LogP contribution in [0.3, 0.4) is 0 Å². The smallest absolute Gasteiger partial charge is 0.237 e. The highest BCUT2D eigenvalue weighted by atomic mass is 16.5. The Kier molecular flexibility index (Phi) is 5.18. The predicted molar refractivity (Wildman–Crippen MR) is 63.1 cm³/mol. The van der Waals surface area contributed by atoms with Crippen LogP contribution in [0.25, 0.3) is 0 Å². The second kappa shape index (κ2) is 6.18. The minimum absolute atomic E-state index is 0.0584. The molecule has 1 aliphatic heterocycles. The Labute approximate surface area is 97.3 Å². The molecular weight excluding hydrogens is 206 g/mol. The summed E-state index contributed by atoms with van der Waals surface area (Å²) in [6.07, 6.45) is 0.0584. The van der Waals surface area contributed by atoms with Gasteiger partial charge in [-0.3, -0.25) is 9.69 Å². The topological polar surface area (TPSA) is 67.6 Å². The number of nitrogens with one attached hydrogen (secondary N) is 1. The predicted octanol–water partition coefficient (Wildman–Crippen LogP) is -0.441. The summed E-state index contributed by atoms with van der Waals surface area (Å²) in [6.45, 7) is 8.55. The van der Waals surface area contributed by atoms with Crippen molar-refractivity contribution < 1.29 is 9.53 Å². The van der Waals surface area contributed by atoms with E-state index in [1.165, 1.54) is 0 Å². The number of amides is 1. The van der Waals surface area contributed by atoms with Gasteiger partial charge in [0, 0.05) is 25.7 Å². The van der Waals surface area contributed by atoms with Crippen molar-refractivity contribution >= 4 is 5.91 Å². The maximum atomic E-state index is 11.8. The van der Waals surface area contributed by atoms with Gasteiger partial charge in [0.15, 0.2) is 0 Å². The third-order valence-electron chi connectivity index (χ3n) is 2.79. The highest BCUT2D eigenvalue weighted by Gasteiger charge is 2.27. The molecule has 2 atom stereocenters. The minimum Gasteiger partial charge on any atom is -0.374 e. The molecule has 1 heterocycles.